The minimum Gasteiger partial charge on any atom is -0.467 e. The second-order valence-electron chi connectivity index (χ2n) is 4.86. The lowest BCUT2D eigenvalue weighted by Crippen LogP contribution is -2.22. The van der Waals surface area contributed by atoms with Crippen molar-refractivity contribution in [2.75, 3.05) is 7.11 Å². The van der Waals surface area contributed by atoms with Gasteiger partial charge in [0.25, 0.3) is 0 Å². The fraction of sp³-hybridized carbons (Fsp3) is 0.400. The lowest BCUT2D eigenvalue weighted by Gasteiger charge is -2.17. The highest BCUT2D eigenvalue weighted by atomic mass is 16.6. The summed E-state index contributed by atoms with van der Waals surface area (Å²) >= 11 is 0. The normalized spacial score (nSPS) is 12.7. The van der Waals surface area contributed by atoms with Gasteiger partial charge in [-0.05, 0) is 12.5 Å². The third kappa shape index (κ3) is 2.43. The molecule has 2 aromatic rings. The first-order valence-electron chi connectivity index (χ1n) is 6.40. The van der Waals surface area contributed by atoms with E-state index in [0.717, 1.165) is 11.3 Å². The van der Waals surface area contributed by atoms with Crippen molar-refractivity contribution in [2.24, 2.45) is 0 Å². The van der Waals surface area contributed by atoms with Crippen LogP contribution in [0.25, 0.3) is 0 Å². The van der Waals surface area contributed by atoms with E-state index in [1.165, 1.54) is 7.11 Å². The second kappa shape index (κ2) is 5.34. The molecule has 102 valence electrons. The number of methoxy groups -OCH3 is 1. The van der Waals surface area contributed by atoms with Gasteiger partial charge in [-0.2, -0.15) is 0 Å². The number of ether oxygens (including phenoxy) is 1. The SMILES string of the molecule is COc1oc(=O)n(C(C)c2ccccc2)c1C(C)C. The van der Waals surface area contributed by atoms with Gasteiger partial charge in [0.1, 0.15) is 5.69 Å². The zero-order valence-electron chi connectivity index (χ0n) is 11.7. The lowest BCUT2D eigenvalue weighted by molar-refractivity contribution is 0.289. The predicted molar refractivity (Wildman–Crippen MR) is 73.9 cm³/mol. The fourth-order valence-electron chi connectivity index (χ4n) is 2.28. The summed E-state index contributed by atoms with van der Waals surface area (Å²) in [7, 11) is 1.52. The van der Waals surface area contributed by atoms with Crippen LogP contribution in [0.15, 0.2) is 39.5 Å². The van der Waals surface area contributed by atoms with Crippen LogP contribution in [0, 0.1) is 0 Å². The van der Waals surface area contributed by atoms with Gasteiger partial charge < -0.3 is 9.15 Å². The molecule has 1 aromatic heterocycles. The monoisotopic (exact) mass is 261 g/mol. The molecule has 0 saturated heterocycles. The summed E-state index contributed by atoms with van der Waals surface area (Å²) in [5.41, 5.74) is 1.86. The average molecular weight is 261 g/mol. The van der Waals surface area contributed by atoms with Crippen LogP contribution in [0.4, 0.5) is 0 Å². The Morgan fingerprint density at radius 1 is 1.16 bits per heavy atom. The van der Waals surface area contributed by atoms with E-state index in [-0.39, 0.29) is 17.7 Å². The summed E-state index contributed by atoms with van der Waals surface area (Å²) < 4.78 is 12.0. The summed E-state index contributed by atoms with van der Waals surface area (Å²) in [6.45, 7) is 6.01. The second-order valence-corrected chi connectivity index (χ2v) is 4.86. The molecule has 2 rings (SSSR count). The molecule has 0 N–H and O–H groups in total. The molecule has 0 amide bonds. The highest BCUT2D eigenvalue weighted by Gasteiger charge is 2.24. The van der Waals surface area contributed by atoms with E-state index in [9.17, 15) is 4.79 Å². The molecule has 0 aliphatic heterocycles. The maximum Gasteiger partial charge on any atom is 0.422 e. The van der Waals surface area contributed by atoms with Crippen molar-refractivity contribution in [1.29, 1.82) is 0 Å². The van der Waals surface area contributed by atoms with Crippen LogP contribution in [0.2, 0.25) is 0 Å². The van der Waals surface area contributed by atoms with Gasteiger partial charge in [0.15, 0.2) is 0 Å². The van der Waals surface area contributed by atoms with Crippen molar-refractivity contribution in [3.05, 3.63) is 52.1 Å². The minimum absolute atomic E-state index is 0.0845. The van der Waals surface area contributed by atoms with Gasteiger partial charge >= 0.3 is 11.7 Å². The molecule has 1 unspecified atom stereocenters. The number of hydrogen-bond acceptors (Lipinski definition) is 3. The molecule has 4 nitrogen and oxygen atoms in total. The molecule has 0 saturated carbocycles. The van der Waals surface area contributed by atoms with Crippen molar-refractivity contribution in [3.8, 4) is 5.95 Å². The molecule has 1 atom stereocenters. The van der Waals surface area contributed by atoms with E-state index < -0.39 is 0 Å². The Bertz CT molecular complexity index is 596. The van der Waals surface area contributed by atoms with Crippen LogP contribution >= 0.6 is 0 Å². The van der Waals surface area contributed by atoms with Crippen LogP contribution < -0.4 is 10.5 Å². The van der Waals surface area contributed by atoms with Crippen LogP contribution in [0.5, 0.6) is 5.95 Å². The molecule has 4 heteroatoms. The van der Waals surface area contributed by atoms with Crippen LogP contribution in [0.1, 0.15) is 44.0 Å². The summed E-state index contributed by atoms with van der Waals surface area (Å²) in [6.07, 6.45) is 0. The van der Waals surface area contributed by atoms with Gasteiger partial charge in [-0.1, -0.05) is 44.2 Å². The summed E-state index contributed by atoms with van der Waals surface area (Å²) in [6, 6.07) is 9.80. The average Bonchev–Trinajstić information content (AvgIpc) is 2.76. The third-order valence-electron chi connectivity index (χ3n) is 3.25. The Morgan fingerprint density at radius 3 is 2.32 bits per heavy atom. The Morgan fingerprint density at radius 2 is 1.79 bits per heavy atom. The first-order valence-corrected chi connectivity index (χ1v) is 6.40. The molecule has 0 aliphatic carbocycles. The van der Waals surface area contributed by atoms with E-state index in [1.54, 1.807) is 4.57 Å². The molecular weight excluding hydrogens is 242 g/mol. The van der Waals surface area contributed by atoms with Crippen molar-refractivity contribution in [2.45, 2.75) is 32.7 Å². The smallest absolute Gasteiger partial charge is 0.422 e. The Balaban J connectivity index is 2.56. The maximum atomic E-state index is 12.1. The van der Waals surface area contributed by atoms with E-state index in [2.05, 4.69) is 0 Å². The third-order valence-corrected chi connectivity index (χ3v) is 3.25. The number of nitrogens with zero attached hydrogens (tertiary/aromatic N) is 1. The number of aromatic nitrogens is 1. The molecule has 1 heterocycles. The van der Waals surface area contributed by atoms with Gasteiger partial charge in [0, 0.05) is 5.92 Å². The number of oxazole rings is 1. The molecule has 1 aromatic carbocycles. The van der Waals surface area contributed by atoms with Crippen LogP contribution in [-0.2, 0) is 0 Å². The minimum atomic E-state index is -0.378. The van der Waals surface area contributed by atoms with E-state index in [0.29, 0.717) is 5.95 Å². The molecule has 0 fully saturated rings. The fourth-order valence-corrected chi connectivity index (χ4v) is 2.28. The number of benzene rings is 1. The van der Waals surface area contributed by atoms with Crippen molar-refractivity contribution < 1.29 is 9.15 Å². The number of hydrogen-bond donors (Lipinski definition) is 0. The predicted octanol–water partition coefficient (Wildman–Crippen LogP) is 3.18. The van der Waals surface area contributed by atoms with Gasteiger partial charge in [-0.25, -0.2) is 4.79 Å². The standard InChI is InChI=1S/C15H19NO3/c1-10(2)13-14(18-4)19-15(17)16(13)11(3)12-8-6-5-7-9-12/h5-11H,1-4H3. The van der Waals surface area contributed by atoms with E-state index >= 15 is 0 Å². The summed E-state index contributed by atoms with van der Waals surface area (Å²) in [5.74, 6) is 0.0762. The lowest BCUT2D eigenvalue weighted by atomic mass is 10.1. The molecule has 0 radical (unpaired) electrons. The van der Waals surface area contributed by atoms with Gasteiger partial charge in [0.05, 0.1) is 13.2 Å². The highest BCUT2D eigenvalue weighted by molar-refractivity contribution is 5.25. The zero-order chi connectivity index (χ0) is 14.0. The van der Waals surface area contributed by atoms with Crippen LogP contribution in [-0.4, -0.2) is 11.7 Å². The highest BCUT2D eigenvalue weighted by Crippen LogP contribution is 2.29. The van der Waals surface area contributed by atoms with Gasteiger partial charge in [-0.15, -0.1) is 0 Å². The molecule has 0 spiro atoms. The molecular formula is C15H19NO3. The van der Waals surface area contributed by atoms with E-state index in [4.69, 9.17) is 9.15 Å². The van der Waals surface area contributed by atoms with Gasteiger partial charge in [0.2, 0.25) is 0 Å². The van der Waals surface area contributed by atoms with Gasteiger partial charge in [-0.3, -0.25) is 4.57 Å². The van der Waals surface area contributed by atoms with Crippen molar-refractivity contribution in [1.82, 2.24) is 4.57 Å². The topological polar surface area (TPSA) is 44.4 Å². The molecule has 19 heavy (non-hydrogen) atoms. The molecule has 0 bridgehead atoms. The first-order chi connectivity index (χ1) is 9.06. The number of rotatable bonds is 4. The summed E-state index contributed by atoms with van der Waals surface area (Å²) in [5, 5.41) is 0. The van der Waals surface area contributed by atoms with Crippen LogP contribution in [0.3, 0.4) is 0 Å². The maximum absolute atomic E-state index is 12.1. The van der Waals surface area contributed by atoms with Crippen molar-refractivity contribution in [3.63, 3.8) is 0 Å². The van der Waals surface area contributed by atoms with E-state index in [1.807, 2.05) is 51.1 Å². The first kappa shape index (κ1) is 13.5. The molecule has 0 aliphatic rings. The zero-order valence-corrected chi connectivity index (χ0v) is 11.7. The summed E-state index contributed by atoms with van der Waals surface area (Å²) in [4.78, 5) is 12.1. The Labute approximate surface area is 112 Å². The van der Waals surface area contributed by atoms with Crippen molar-refractivity contribution >= 4 is 0 Å². The largest absolute Gasteiger partial charge is 0.467 e. The quantitative estimate of drug-likeness (QED) is 0.849. The Kier molecular flexibility index (Phi) is 3.79. The Hall–Kier alpha value is -1.97.